The third-order valence-corrected chi connectivity index (χ3v) is 8.93. The van der Waals surface area contributed by atoms with E-state index in [1.165, 1.54) is 30.3 Å². The zero-order valence-corrected chi connectivity index (χ0v) is 23.4. The summed E-state index contributed by atoms with van der Waals surface area (Å²) < 4.78 is 10.3. The third kappa shape index (κ3) is 5.20. The minimum Gasteiger partial charge on any atom is -0.462 e. The largest absolute Gasteiger partial charge is 0.462 e. The van der Waals surface area contributed by atoms with Crippen LogP contribution in [0.5, 0.6) is 0 Å². The van der Waals surface area contributed by atoms with Crippen LogP contribution in [0.1, 0.15) is 41.0 Å². The summed E-state index contributed by atoms with van der Waals surface area (Å²) in [5, 5.41) is 1.87. The van der Waals surface area contributed by atoms with Crippen LogP contribution in [-0.4, -0.2) is 53.6 Å². The van der Waals surface area contributed by atoms with Crippen LogP contribution >= 0.6 is 23.2 Å². The van der Waals surface area contributed by atoms with Crippen molar-refractivity contribution < 1.29 is 33.4 Å². The normalized spacial score (nSPS) is 26.7. The highest BCUT2D eigenvalue weighted by Gasteiger charge is 2.67. The Hall–Kier alpha value is -3.43. The molecule has 3 fully saturated rings. The van der Waals surface area contributed by atoms with E-state index in [2.05, 4.69) is 5.32 Å². The molecule has 6 atom stereocenters. The van der Waals surface area contributed by atoms with Crippen LogP contribution in [0.2, 0.25) is 0 Å². The number of carbonyl (C=O) groups excluding carboxylic acids is 5. The van der Waals surface area contributed by atoms with Crippen molar-refractivity contribution in [2.24, 2.45) is 29.6 Å². The highest BCUT2D eigenvalue weighted by Crippen LogP contribution is 2.59. The van der Waals surface area contributed by atoms with Crippen molar-refractivity contribution in [1.82, 2.24) is 0 Å². The van der Waals surface area contributed by atoms with Gasteiger partial charge in [-0.05, 0) is 66.6 Å². The summed E-state index contributed by atoms with van der Waals surface area (Å²) >= 11 is 12.8. The van der Waals surface area contributed by atoms with E-state index in [1.54, 1.807) is 18.2 Å². The van der Waals surface area contributed by atoms with Crippen LogP contribution in [0, 0.1) is 29.6 Å². The number of amides is 3. The highest BCUT2D eigenvalue weighted by atomic mass is 35.5. The minimum absolute atomic E-state index is 0.0839. The highest BCUT2D eigenvalue weighted by molar-refractivity contribution is 6.32. The smallest absolute Gasteiger partial charge is 0.338 e. The molecule has 0 unspecified atom stereocenters. The monoisotopic (exact) mass is 586 g/mol. The summed E-state index contributed by atoms with van der Waals surface area (Å²) in [5.74, 6) is -3.59. The van der Waals surface area contributed by atoms with E-state index in [0.29, 0.717) is 24.3 Å². The number of imide groups is 1. The lowest BCUT2D eigenvalue weighted by atomic mass is 9.80. The number of hydrogen-bond acceptors (Lipinski definition) is 7. The molecule has 3 amide bonds. The first kappa shape index (κ1) is 28.1. The lowest BCUT2D eigenvalue weighted by Crippen LogP contribution is -2.37. The Balaban J connectivity index is 1.17. The molecule has 2 aliphatic carbocycles. The fourth-order valence-corrected chi connectivity index (χ4v) is 6.69. The molecule has 1 heterocycles. The number of esters is 2. The van der Waals surface area contributed by atoms with Crippen LogP contribution in [0.15, 0.2) is 48.5 Å². The van der Waals surface area contributed by atoms with Crippen molar-refractivity contribution in [2.45, 2.75) is 31.0 Å². The topological polar surface area (TPSA) is 119 Å². The summed E-state index contributed by atoms with van der Waals surface area (Å²) in [6.45, 7) is 3.61. The number of nitrogens with one attached hydrogen (secondary N) is 1. The molecule has 1 N–H and O–H groups in total. The summed E-state index contributed by atoms with van der Waals surface area (Å²) in [4.78, 5) is 64.6. The number of nitrogens with zero attached hydrogens (tertiary/aromatic N) is 1. The number of hydrogen-bond donors (Lipinski definition) is 1. The molecule has 0 aromatic heterocycles. The molecular formula is C29H28Cl2N2O7. The van der Waals surface area contributed by atoms with Crippen LogP contribution in [-0.2, 0) is 23.9 Å². The van der Waals surface area contributed by atoms with Gasteiger partial charge < -0.3 is 14.8 Å². The van der Waals surface area contributed by atoms with Crippen molar-refractivity contribution in [3.63, 3.8) is 0 Å². The van der Waals surface area contributed by atoms with E-state index in [1.807, 2.05) is 13.8 Å². The average Bonchev–Trinajstić information content (AvgIpc) is 3.55. The number of fused-ring (bicyclic) bond motifs is 5. The van der Waals surface area contributed by atoms with Crippen molar-refractivity contribution in [2.75, 3.05) is 23.4 Å². The average molecular weight is 587 g/mol. The van der Waals surface area contributed by atoms with Gasteiger partial charge in [-0.25, -0.2) is 9.59 Å². The maximum Gasteiger partial charge on any atom is 0.338 e. The van der Waals surface area contributed by atoms with Crippen molar-refractivity contribution in [3.05, 3.63) is 59.7 Å². The molecule has 5 rings (SSSR count). The van der Waals surface area contributed by atoms with E-state index >= 15 is 0 Å². The lowest BCUT2D eigenvalue weighted by molar-refractivity contribution is -0.123. The molecular weight excluding hydrogens is 559 g/mol. The predicted octanol–water partition coefficient (Wildman–Crippen LogP) is 4.27. The number of anilines is 2. The van der Waals surface area contributed by atoms with Crippen LogP contribution in [0.3, 0.4) is 0 Å². The standard InChI is InChI=1S/C29H28Cl2N2O7/c1-14(2)12-39-28(37)15-6-8-17(9-7-15)32-21(34)13-40-29(38)16-4-3-5-18(10-16)33-26(35)22-19-11-20(23(22)27(33)36)25(31)24(19)30/h3-10,14,19-20,22-25H,11-13H2,1-2H3,(H,32,34)/t19-,20-,22-,23-,24+,25+/m1/s1. The number of halogens is 2. The first-order chi connectivity index (χ1) is 19.1. The van der Waals surface area contributed by atoms with Gasteiger partial charge in [0.2, 0.25) is 11.8 Å². The number of benzene rings is 2. The number of alkyl halides is 2. The van der Waals surface area contributed by atoms with Crippen molar-refractivity contribution in [1.29, 1.82) is 0 Å². The van der Waals surface area contributed by atoms with Gasteiger partial charge in [0.1, 0.15) is 0 Å². The third-order valence-electron chi connectivity index (χ3n) is 7.61. The summed E-state index contributed by atoms with van der Waals surface area (Å²) in [5.41, 5.74) is 1.10. The van der Waals surface area contributed by atoms with Crippen LogP contribution in [0.25, 0.3) is 0 Å². The Morgan fingerprint density at radius 1 is 0.900 bits per heavy atom. The van der Waals surface area contributed by atoms with E-state index in [0.717, 1.165) is 4.90 Å². The van der Waals surface area contributed by atoms with Gasteiger partial charge in [-0.3, -0.25) is 19.3 Å². The molecule has 40 heavy (non-hydrogen) atoms. The Morgan fingerprint density at radius 3 is 2.10 bits per heavy atom. The minimum atomic E-state index is -0.791. The second-order valence-corrected chi connectivity index (χ2v) is 11.8. The molecule has 2 bridgehead atoms. The van der Waals surface area contributed by atoms with Gasteiger partial charge in [-0.2, -0.15) is 0 Å². The van der Waals surface area contributed by atoms with Crippen LogP contribution in [0.4, 0.5) is 11.4 Å². The SMILES string of the molecule is CC(C)COC(=O)c1ccc(NC(=O)COC(=O)c2cccc(N3C(=O)[C@@H]4[C@H]5C[C@@H]([C@H](Cl)[C@H]5Cl)[C@H]4C3=O)c2)cc1. The summed E-state index contributed by atoms with van der Waals surface area (Å²) in [7, 11) is 0. The first-order valence-electron chi connectivity index (χ1n) is 13.1. The van der Waals surface area contributed by atoms with Gasteiger partial charge in [0.25, 0.3) is 5.91 Å². The molecule has 1 aliphatic heterocycles. The van der Waals surface area contributed by atoms with E-state index < -0.39 is 36.3 Å². The zero-order valence-electron chi connectivity index (χ0n) is 21.8. The maximum atomic E-state index is 13.2. The lowest BCUT2D eigenvalue weighted by Gasteiger charge is -2.28. The molecule has 210 valence electrons. The van der Waals surface area contributed by atoms with Gasteiger partial charge >= 0.3 is 11.9 Å². The number of rotatable bonds is 8. The fraction of sp³-hybridized carbons (Fsp3) is 0.414. The summed E-state index contributed by atoms with van der Waals surface area (Å²) in [6, 6.07) is 12.1. The predicted molar refractivity (Wildman–Crippen MR) is 147 cm³/mol. The van der Waals surface area contributed by atoms with E-state index in [4.69, 9.17) is 32.7 Å². The first-order valence-corrected chi connectivity index (χ1v) is 13.9. The summed E-state index contributed by atoms with van der Waals surface area (Å²) in [6.07, 6.45) is 0.659. The number of ether oxygens (including phenoxy) is 2. The molecule has 3 aliphatic rings. The van der Waals surface area contributed by atoms with Gasteiger partial charge in [0, 0.05) is 5.69 Å². The molecule has 2 saturated carbocycles. The Kier molecular flexibility index (Phi) is 7.88. The van der Waals surface area contributed by atoms with Gasteiger partial charge in [-0.1, -0.05) is 19.9 Å². The Morgan fingerprint density at radius 2 is 1.50 bits per heavy atom. The quantitative estimate of drug-likeness (QED) is 0.279. The molecule has 2 aromatic rings. The maximum absolute atomic E-state index is 13.2. The number of carbonyl (C=O) groups is 5. The Bertz CT molecular complexity index is 1330. The molecule has 11 heteroatoms. The van der Waals surface area contributed by atoms with Gasteiger partial charge in [0.15, 0.2) is 6.61 Å². The molecule has 2 aromatic carbocycles. The second kappa shape index (κ2) is 11.2. The van der Waals surface area contributed by atoms with Crippen LogP contribution < -0.4 is 10.2 Å². The zero-order chi connectivity index (χ0) is 28.7. The van der Waals surface area contributed by atoms with E-state index in [-0.39, 0.29) is 51.6 Å². The van der Waals surface area contributed by atoms with Crippen molar-refractivity contribution in [3.8, 4) is 0 Å². The Labute approximate surface area is 241 Å². The van der Waals surface area contributed by atoms with Crippen molar-refractivity contribution >= 4 is 64.2 Å². The second-order valence-electron chi connectivity index (χ2n) is 10.8. The van der Waals surface area contributed by atoms with E-state index in [9.17, 15) is 24.0 Å². The molecule has 1 saturated heterocycles. The molecule has 9 nitrogen and oxygen atoms in total. The van der Waals surface area contributed by atoms with Gasteiger partial charge in [-0.15, -0.1) is 23.2 Å². The van der Waals surface area contributed by atoms with Gasteiger partial charge in [0.05, 0.1) is 46.0 Å². The molecule has 0 radical (unpaired) electrons. The molecule has 0 spiro atoms. The fourth-order valence-electron chi connectivity index (χ4n) is 5.80.